The topological polar surface area (TPSA) is 15.3 Å². The van der Waals surface area contributed by atoms with Gasteiger partial charge < -0.3 is 10.2 Å². The fourth-order valence-corrected chi connectivity index (χ4v) is 4.06. The summed E-state index contributed by atoms with van der Waals surface area (Å²) < 4.78 is 0. The molecule has 2 bridgehead atoms. The standard InChI is InChI=1S/C16H22N2/c1-2-4-15-12(3-1)9-14(15)10-17-16-6-8-18-7-5-13(16)11-18/h1-4,13-14,16-17H,5-11H2. The summed E-state index contributed by atoms with van der Waals surface area (Å²) in [4.78, 5) is 2.63. The first-order chi connectivity index (χ1) is 8.90. The number of hydrogen-bond donors (Lipinski definition) is 1. The molecule has 2 heterocycles. The minimum Gasteiger partial charge on any atom is -0.313 e. The third-order valence-electron chi connectivity index (χ3n) is 5.22. The van der Waals surface area contributed by atoms with Gasteiger partial charge in [-0.25, -0.2) is 0 Å². The van der Waals surface area contributed by atoms with Crippen molar-refractivity contribution in [3.8, 4) is 0 Å². The van der Waals surface area contributed by atoms with E-state index < -0.39 is 0 Å². The fraction of sp³-hybridized carbons (Fsp3) is 0.625. The van der Waals surface area contributed by atoms with Crippen molar-refractivity contribution in [1.82, 2.24) is 10.2 Å². The van der Waals surface area contributed by atoms with Crippen LogP contribution in [0.2, 0.25) is 0 Å². The predicted octanol–water partition coefficient (Wildman–Crippen LogP) is 2.01. The molecule has 1 aromatic carbocycles. The van der Waals surface area contributed by atoms with Gasteiger partial charge in [-0.05, 0) is 49.4 Å². The molecule has 2 fully saturated rings. The molecule has 1 aliphatic carbocycles. The zero-order chi connectivity index (χ0) is 11.9. The molecule has 96 valence electrons. The first-order valence-electron chi connectivity index (χ1n) is 7.44. The van der Waals surface area contributed by atoms with Gasteiger partial charge in [-0.2, -0.15) is 0 Å². The van der Waals surface area contributed by atoms with E-state index in [1.807, 2.05) is 0 Å². The van der Waals surface area contributed by atoms with Gasteiger partial charge in [0.2, 0.25) is 0 Å². The van der Waals surface area contributed by atoms with Crippen LogP contribution in [0.25, 0.3) is 0 Å². The lowest BCUT2D eigenvalue weighted by molar-refractivity contribution is 0.218. The first kappa shape index (κ1) is 11.0. The maximum atomic E-state index is 3.87. The quantitative estimate of drug-likeness (QED) is 0.872. The Balaban J connectivity index is 1.35. The van der Waals surface area contributed by atoms with Crippen molar-refractivity contribution in [3.63, 3.8) is 0 Å². The highest BCUT2D eigenvalue weighted by atomic mass is 15.2. The van der Waals surface area contributed by atoms with E-state index in [2.05, 4.69) is 34.5 Å². The third-order valence-corrected chi connectivity index (χ3v) is 5.22. The van der Waals surface area contributed by atoms with Crippen LogP contribution in [0.4, 0.5) is 0 Å². The second-order valence-electron chi connectivity index (χ2n) is 6.25. The molecule has 0 amide bonds. The Kier molecular flexibility index (Phi) is 2.66. The van der Waals surface area contributed by atoms with Crippen molar-refractivity contribution >= 4 is 0 Å². The van der Waals surface area contributed by atoms with Gasteiger partial charge >= 0.3 is 0 Å². The van der Waals surface area contributed by atoms with Crippen LogP contribution in [0.3, 0.4) is 0 Å². The highest BCUT2D eigenvalue weighted by molar-refractivity contribution is 5.40. The lowest BCUT2D eigenvalue weighted by Crippen LogP contribution is -2.46. The van der Waals surface area contributed by atoms with Crippen LogP contribution in [-0.4, -0.2) is 37.1 Å². The minimum absolute atomic E-state index is 0.778. The summed E-state index contributed by atoms with van der Waals surface area (Å²) >= 11 is 0. The molecule has 3 aliphatic rings. The molecule has 0 radical (unpaired) electrons. The van der Waals surface area contributed by atoms with Gasteiger partial charge in [0.1, 0.15) is 0 Å². The summed E-state index contributed by atoms with van der Waals surface area (Å²) in [6.07, 6.45) is 4.06. The van der Waals surface area contributed by atoms with Gasteiger partial charge in [-0.1, -0.05) is 24.3 Å². The highest BCUT2D eigenvalue weighted by Crippen LogP contribution is 2.35. The molecule has 4 rings (SSSR count). The molecule has 1 aromatic rings. The number of fused-ring (bicyclic) bond motifs is 3. The number of hydrogen-bond acceptors (Lipinski definition) is 2. The Bertz CT molecular complexity index is 442. The van der Waals surface area contributed by atoms with Crippen LogP contribution < -0.4 is 5.32 Å². The highest BCUT2D eigenvalue weighted by Gasteiger charge is 2.35. The maximum absolute atomic E-state index is 3.87. The number of nitrogens with zero attached hydrogens (tertiary/aromatic N) is 1. The average molecular weight is 242 g/mol. The van der Waals surface area contributed by atoms with Gasteiger partial charge in [-0.15, -0.1) is 0 Å². The Morgan fingerprint density at radius 3 is 3.00 bits per heavy atom. The largest absolute Gasteiger partial charge is 0.313 e. The lowest BCUT2D eigenvalue weighted by atomic mass is 9.77. The SMILES string of the molecule is c1ccc2c(c1)CC2CNC1CCN2CCC1C2. The second kappa shape index (κ2) is 4.36. The van der Waals surface area contributed by atoms with Crippen molar-refractivity contribution in [3.05, 3.63) is 35.4 Å². The van der Waals surface area contributed by atoms with Gasteiger partial charge in [0.25, 0.3) is 0 Å². The van der Waals surface area contributed by atoms with Crippen molar-refractivity contribution < 1.29 is 0 Å². The van der Waals surface area contributed by atoms with Crippen LogP contribution in [0.1, 0.15) is 29.9 Å². The summed E-state index contributed by atoms with van der Waals surface area (Å²) in [5.41, 5.74) is 3.16. The molecular formula is C16H22N2. The minimum atomic E-state index is 0.778. The van der Waals surface area contributed by atoms with Crippen LogP contribution in [0.5, 0.6) is 0 Å². The molecule has 2 nitrogen and oxygen atoms in total. The molecule has 2 saturated heterocycles. The summed E-state index contributed by atoms with van der Waals surface area (Å²) in [5, 5.41) is 3.87. The number of benzene rings is 1. The second-order valence-corrected chi connectivity index (χ2v) is 6.25. The van der Waals surface area contributed by atoms with E-state index in [9.17, 15) is 0 Å². The summed E-state index contributed by atoms with van der Waals surface area (Å²) in [7, 11) is 0. The molecule has 18 heavy (non-hydrogen) atoms. The molecule has 2 heteroatoms. The van der Waals surface area contributed by atoms with E-state index in [0.717, 1.165) is 17.9 Å². The van der Waals surface area contributed by atoms with E-state index in [1.165, 1.54) is 45.4 Å². The molecule has 0 saturated carbocycles. The zero-order valence-corrected chi connectivity index (χ0v) is 10.9. The monoisotopic (exact) mass is 242 g/mol. The summed E-state index contributed by atoms with van der Waals surface area (Å²) in [6, 6.07) is 9.72. The Hall–Kier alpha value is -0.860. The summed E-state index contributed by atoms with van der Waals surface area (Å²) in [5.74, 6) is 1.70. The maximum Gasteiger partial charge on any atom is 0.0120 e. The van der Waals surface area contributed by atoms with Crippen LogP contribution in [-0.2, 0) is 6.42 Å². The van der Waals surface area contributed by atoms with E-state index in [4.69, 9.17) is 0 Å². The van der Waals surface area contributed by atoms with E-state index in [-0.39, 0.29) is 0 Å². The third kappa shape index (κ3) is 1.79. The number of rotatable bonds is 3. The van der Waals surface area contributed by atoms with E-state index in [1.54, 1.807) is 11.1 Å². The molecule has 4 atom stereocenters. The lowest BCUT2D eigenvalue weighted by Gasteiger charge is -2.35. The predicted molar refractivity (Wildman–Crippen MR) is 73.8 cm³/mol. The average Bonchev–Trinajstić information content (AvgIpc) is 2.76. The van der Waals surface area contributed by atoms with Crippen molar-refractivity contribution in [2.24, 2.45) is 5.92 Å². The normalized spacial score (nSPS) is 37.1. The van der Waals surface area contributed by atoms with Gasteiger partial charge in [0.15, 0.2) is 0 Å². The molecule has 2 aliphatic heterocycles. The van der Waals surface area contributed by atoms with Gasteiger partial charge in [0.05, 0.1) is 0 Å². The Morgan fingerprint density at radius 2 is 2.06 bits per heavy atom. The molecule has 1 N–H and O–H groups in total. The van der Waals surface area contributed by atoms with Gasteiger partial charge in [0, 0.05) is 25.0 Å². The smallest absolute Gasteiger partial charge is 0.0120 e. The van der Waals surface area contributed by atoms with Crippen LogP contribution in [0, 0.1) is 5.92 Å². The fourth-order valence-electron chi connectivity index (χ4n) is 4.06. The van der Waals surface area contributed by atoms with Crippen molar-refractivity contribution in [2.45, 2.75) is 31.2 Å². The van der Waals surface area contributed by atoms with Gasteiger partial charge in [-0.3, -0.25) is 0 Å². The Labute approximate surface area is 109 Å². The summed E-state index contributed by atoms with van der Waals surface area (Å²) in [6.45, 7) is 5.20. The zero-order valence-electron chi connectivity index (χ0n) is 10.9. The van der Waals surface area contributed by atoms with Crippen molar-refractivity contribution in [1.29, 1.82) is 0 Å². The van der Waals surface area contributed by atoms with Crippen LogP contribution in [0.15, 0.2) is 24.3 Å². The first-order valence-corrected chi connectivity index (χ1v) is 7.44. The van der Waals surface area contributed by atoms with Crippen LogP contribution >= 0.6 is 0 Å². The molecule has 0 aromatic heterocycles. The Morgan fingerprint density at radius 1 is 1.17 bits per heavy atom. The molecule has 4 unspecified atom stereocenters. The van der Waals surface area contributed by atoms with E-state index >= 15 is 0 Å². The number of piperidine rings is 1. The molecule has 0 spiro atoms. The van der Waals surface area contributed by atoms with E-state index in [0.29, 0.717) is 0 Å². The number of nitrogens with one attached hydrogen (secondary N) is 1. The molecular weight excluding hydrogens is 220 g/mol. The van der Waals surface area contributed by atoms with Crippen molar-refractivity contribution in [2.75, 3.05) is 26.2 Å².